The van der Waals surface area contributed by atoms with Crippen LogP contribution >= 0.6 is 15.9 Å². The highest BCUT2D eigenvalue weighted by molar-refractivity contribution is 9.10. The maximum absolute atomic E-state index is 11.7. The molecule has 0 aliphatic carbocycles. The largest absolute Gasteiger partial charge is 0.493 e. The summed E-state index contributed by atoms with van der Waals surface area (Å²) in [6, 6.07) is 3.72. The van der Waals surface area contributed by atoms with Crippen LogP contribution in [0, 0.1) is 12.3 Å². The molecule has 23 heavy (non-hydrogen) atoms. The van der Waals surface area contributed by atoms with Crippen LogP contribution in [0.1, 0.15) is 12.0 Å². The van der Waals surface area contributed by atoms with Crippen LogP contribution < -0.4 is 9.47 Å². The molecule has 1 aromatic rings. The van der Waals surface area contributed by atoms with E-state index in [2.05, 4.69) is 21.9 Å². The SMILES string of the molecule is C#CCN(Cc1ccc(OC)c(OC)c1Br)C1CCS(=O)(=O)C1. The number of benzene rings is 1. The molecule has 1 aliphatic rings. The van der Waals surface area contributed by atoms with Crippen molar-refractivity contribution in [1.82, 2.24) is 4.90 Å². The van der Waals surface area contributed by atoms with Crippen molar-refractivity contribution in [2.75, 3.05) is 32.3 Å². The molecule has 1 heterocycles. The smallest absolute Gasteiger partial charge is 0.175 e. The minimum absolute atomic E-state index is 0.0453. The molecule has 1 fully saturated rings. The molecule has 0 radical (unpaired) electrons. The number of sulfone groups is 1. The number of terminal acetylenes is 1. The second-order valence-electron chi connectivity index (χ2n) is 5.44. The van der Waals surface area contributed by atoms with Gasteiger partial charge in [0.05, 0.1) is 36.7 Å². The number of nitrogens with zero attached hydrogens (tertiary/aromatic N) is 1. The first kappa shape index (κ1) is 18.1. The van der Waals surface area contributed by atoms with Gasteiger partial charge in [-0.15, -0.1) is 6.42 Å². The van der Waals surface area contributed by atoms with Crippen LogP contribution in [-0.2, 0) is 16.4 Å². The van der Waals surface area contributed by atoms with Crippen molar-refractivity contribution >= 4 is 25.8 Å². The minimum Gasteiger partial charge on any atom is -0.493 e. The molecule has 1 aromatic carbocycles. The summed E-state index contributed by atoms with van der Waals surface area (Å²) in [5, 5.41) is 0. The lowest BCUT2D eigenvalue weighted by molar-refractivity contribution is 0.229. The molecule has 126 valence electrons. The molecular formula is C16H20BrNO4S. The van der Waals surface area contributed by atoms with E-state index in [0.717, 1.165) is 10.0 Å². The lowest BCUT2D eigenvalue weighted by Gasteiger charge is -2.27. The fraction of sp³-hybridized carbons (Fsp3) is 0.500. The topological polar surface area (TPSA) is 55.8 Å². The predicted molar refractivity (Wildman–Crippen MR) is 93.5 cm³/mol. The van der Waals surface area contributed by atoms with Crippen molar-refractivity contribution in [3.63, 3.8) is 0 Å². The Kier molecular flexibility index (Phi) is 5.95. The van der Waals surface area contributed by atoms with Crippen molar-refractivity contribution in [3.05, 3.63) is 22.2 Å². The zero-order valence-corrected chi connectivity index (χ0v) is 15.6. The molecule has 0 N–H and O–H groups in total. The summed E-state index contributed by atoms with van der Waals surface area (Å²) in [6.45, 7) is 0.951. The third-order valence-electron chi connectivity index (χ3n) is 3.96. The molecule has 0 aromatic heterocycles. The molecule has 0 spiro atoms. The summed E-state index contributed by atoms with van der Waals surface area (Å²) in [4.78, 5) is 2.02. The lowest BCUT2D eigenvalue weighted by atomic mass is 10.1. The normalized spacial score (nSPS) is 19.5. The van der Waals surface area contributed by atoms with Crippen LogP contribution in [0.5, 0.6) is 11.5 Å². The number of rotatable bonds is 6. The van der Waals surface area contributed by atoms with Gasteiger partial charge in [-0.2, -0.15) is 0 Å². The van der Waals surface area contributed by atoms with Gasteiger partial charge < -0.3 is 9.47 Å². The quantitative estimate of drug-likeness (QED) is 0.683. The van der Waals surface area contributed by atoms with Gasteiger partial charge in [0, 0.05) is 12.6 Å². The van der Waals surface area contributed by atoms with E-state index in [0.29, 0.717) is 31.0 Å². The van der Waals surface area contributed by atoms with Gasteiger partial charge in [0.15, 0.2) is 21.3 Å². The first-order chi connectivity index (χ1) is 10.9. The molecule has 0 bridgehead atoms. The molecule has 5 nitrogen and oxygen atoms in total. The van der Waals surface area contributed by atoms with E-state index in [1.807, 2.05) is 17.0 Å². The standard InChI is InChI=1S/C16H20BrNO4S/c1-4-8-18(13-7-9-23(19,20)11-13)10-12-5-6-14(21-2)16(22-3)15(12)17/h1,5-6,13H,7-11H2,2-3H3. The summed E-state index contributed by atoms with van der Waals surface area (Å²) in [7, 11) is 0.208. The second-order valence-corrected chi connectivity index (χ2v) is 8.46. The monoisotopic (exact) mass is 401 g/mol. The van der Waals surface area contributed by atoms with E-state index in [1.165, 1.54) is 0 Å². The third kappa shape index (κ3) is 4.19. The summed E-state index contributed by atoms with van der Waals surface area (Å²) >= 11 is 3.54. The molecule has 1 atom stereocenters. The van der Waals surface area contributed by atoms with E-state index in [-0.39, 0.29) is 17.5 Å². The van der Waals surface area contributed by atoms with Crippen LogP contribution in [0.25, 0.3) is 0 Å². The number of ether oxygens (including phenoxy) is 2. The molecule has 7 heteroatoms. The zero-order valence-electron chi connectivity index (χ0n) is 13.2. The molecular weight excluding hydrogens is 382 g/mol. The Bertz CT molecular complexity index is 712. The molecule has 1 unspecified atom stereocenters. The Morgan fingerprint density at radius 1 is 1.39 bits per heavy atom. The van der Waals surface area contributed by atoms with Crippen LogP contribution in [0.3, 0.4) is 0 Å². The predicted octanol–water partition coefficient (Wildman–Crippen LogP) is 2.09. The van der Waals surface area contributed by atoms with Crippen LogP contribution in [0.2, 0.25) is 0 Å². The molecule has 2 rings (SSSR count). The van der Waals surface area contributed by atoms with E-state index in [4.69, 9.17) is 15.9 Å². The van der Waals surface area contributed by atoms with E-state index in [9.17, 15) is 8.42 Å². The van der Waals surface area contributed by atoms with Gasteiger partial charge in [-0.05, 0) is 34.0 Å². The Labute approximate surface area is 146 Å². The number of halogens is 1. The van der Waals surface area contributed by atoms with Gasteiger partial charge in [-0.25, -0.2) is 8.42 Å². The van der Waals surface area contributed by atoms with E-state index in [1.54, 1.807) is 14.2 Å². The van der Waals surface area contributed by atoms with Crippen LogP contribution in [0.4, 0.5) is 0 Å². The molecule has 0 amide bonds. The van der Waals surface area contributed by atoms with Gasteiger partial charge in [-0.1, -0.05) is 12.0 Å². The average molecular weight is 402 g/mol. The highest BCUT2D eigenvalue weighted by atomic mass is 79.9. The van der Waals surface area contributed by atoms with Gasteiger partial charge in [0.25, 0.3) is 0 Å². The molecule has 1 saturated heterocycles. The summed E-state index contributed by atoms with van der Waals surface area (Å²) in [5.74, 6) is 4.27. The Balaban J connectivity index is 2.26. The minimum atomic E-state index is -2.95. The fourth-order valence-electron chi connectivity index (χ4n) is 2.77. The lowest BCUT2D eigenvalue weighted by Crippen LogP contribution is -2.36. The van der Waals surface area contributed by atoms with E-state index >= 15 is 0 Å². The zero-order chi connectivity index (χ0) is 17.0. The van der Waals surface area contributed by atoms with Crippen molar-refractivity contribution in [1.29, 1.82) is 0 Å². The summed E-state index contributed by atoms with van der Waals surface area (Å²) in [6.07, 6.45) is 6.08. The average Bonchev–Trinajstić information content (AvgIpc) is 2.88. The maximum atomic E-state index is 11.7. The number of methoxy groups -OCH3 is 2. The Morgan fingerprint density at radius 3 is 2.65 bits per heavy atom. The highest BCUT2D eigenvalue weighted by Crippen LogP contribution is 2.38. The summed E-state index contributed by atoms with van der Waals surface area (Å²) in [5.41, 5.74) is 0.974. The molecule has 1 aliphatic heterocycles. The maximum Gasteiger partial charge on any atom is 0.175 e. The summed E-state index contributed by atoms with van der Waals surface area (Å²) < 4.78 is 34.9. The Morgan fingerprint density at radius 2 is 2.13 bits per heavy atom. The van der Waals surface area contributed by atoms with Crippen molar-refractivity contribution < 1.29 is 17.9 Å². The van der Waals surface area contributed by atoms with Crippen molar-refractivity contribution in [3.8, 4) is 23.8 Å². The first-order valence-electron chi connectivity index (χ1n) is 7.19. The number of hydrogen-bond acceptors (Lipinski definition) is 5. The van der Waals surface area contributed by atoms with Crippen LogP contribution in [0.15, 0.2) is 16.6 Å². The van der Waals surface area contributed by atoms with Gasteiger partial charge >= 0.3 is 0 Å². The van der Waals surface area contributed by atoms with Gasteiger partial charge in [-0.3, -0.25) is 4.90 Å². The molecule has 0 saturated carbocycles. The highest BCUT2D eigenvalue weighted by Gasteiger charge is 2.32. The van der Waals surface area contributed by atoms with Gasteiger partial charge in [0.1, 0.15) is 0 Å². The fourth-order valence-corrected chi connectivity index (χ4v) is 5.14. The van der Waals surface area contributed by atoms with Crippen molar-refractivity contribution in [2.45, 2.75) is 19.0 Å². The number of hydrogen-bond donors (Lipinski definition) is 0. The third-order valence-corrected chi connectivity index (χ3v) is 6.58. The Hall–Kier alpha value is -1.23. The second kappa shape index (κ2) is 7.56. The van der Waals surface area contributed by atoms with Crippen LogP contribution in [-0.4, -0.2) is 51.6 Å². The van der Waals surface area contributed by atoms with Gasteiger partial charge in [0.2, 0.25) is 0 Å². The first-order valence-corrected chi connectivity index (χ1v) is 9.80. The van der Waals surface area contributed by atoms with Crippen molar-refractivity contribution in [2.24, 2.45) is 0 Å². The van der Waals surface area contributed by atoms with E-state index < -0.39 is 9.84 Å².